The van der Waals surface area contributed by atoms with E-state index >= 15 is 0 Å². The molecule has 3 aromatic rings. The number of hydrogen-bond acceptors (Lipinski definition) is 4. The molecule has 19 heavy (non-hydrogen) atoms. The van der Waals surface area contributed by atoms with Gasteiger partial charge in [0.15, 0.2) is 16.9 Å². The normalized spacial score (nSPS) is 10.8. The molecule has 0 spiro atoms. The quantitative estimate of drug-likeness (QED) is 0.684. The zero-order valence-corrected chi connectivity index (χ0v) is 11.4. The summed E-state index contributed by atoms with van der Waals surface area (Å²) in [5, 5.41) is 1.89. The molecular formula is C14H12N2O2S. The molecule has 0 aliphatic heterocycles. The van der Waals surface area contributed by atoms with Crippen LogP contribution in [0, 0.1) is 13.8 Å². The van der Waals surface area contributed by atoms with E-state index in [1.165, 1.54) is 11.3 Å². The molecule has 0 saturated carbocycles. The van der Waals surface area contributed by atoms with Crippen molar-refractivity contribution in [2.75, 3.05) is 0 Å². The van der Waals surface area contributed by atoms with Gasteiger partial charge in [0.1, 0.15) is 5.75 Å². The molecule has 0 amide bonds. The molecule has 2 aromatic heterocycles. The minimum Gasteiger partial charge on any atom is -0.436 e. The first-order valence-electron chi connectivity index (χ1n) is 5.85. The lowest BCUT2D eigenvalue weighted by Crippen LogP contribution is -1.95. The Kier molecular flexibility index (Phi) is 2.83. The van der Waals surface area contributed by atoms with E-state index in [9.17, 15) is 4.79 Å². The van der Waals surface area contributed by atoms with Gasteiger partial charge in [-0.2, -0.15) is 4.98 Å². The Balaban J connectivity index is 2.10. The molecule has 1 aromatic carbocycles. The van der Waals surface area contributed by atoms with Crippen molar-refractivity contribution in [1.29, 1.82) is 0 Å². The summed E-state index contributed by atoms with van der Waals surface area (Å²) in [5.41, 5.74) is 2.49. The molecule has 0 bridgehead atoms. The maximum absolute atomic E-state index is 11.2. The van der Waals surface area contributed by atoms with Crippen molar-refractivity contribution in [3.8, 4) is 11.6 Å². The molecule has 2 heterocycles. The largest absolute Gasteiger partial charge is 0.436 e. The van der Waals surface area contributed by atoms with Gasteiger partial charge in [-0.1, -0.05) is 18.2 Å². The van der Waals surface area contributed by atoms with Crippen LogP contribution in [0.2, 0.25) is 0 Å². The number of hydrogen-bond donors (Lipinski definition) is 0. The third kappa shape index (κ3) is 1.92. The van der Waals surface area contributed by atoms with Gasteiger partial charge < -0.3 is 4.74 Å². The number of aldehydes is 1. The van der Waals surface area contributed by atoms with E-state index < -0.39 is 0 Å². The van der Waals surface area contributed by atoms with Crippen LogP contribution in [0.15, 0.2) is 29.8 Å². The van der Waals surface area contributed by atoms with Crippen molar-refractivity contribution in [1.82, 2.24) is 9.38 Å². The van der Waals surface area contributed by atoms with Gasteiger partial charge in [0.25, 0.3) is 0 Å². The zero-order valence-electron chi connectivity index (χ0n) is 10.6. The number of imidazole rings is 1. The summed E-state index contributed by atoms with van der Waals surface area (Å²) in [4.78, 5) is 16.3. The fraction of sp³-hybridized carbons (Fsp3) is 0.143. The summed E-state index contributed by atoms with van der Waals surface area (Å²) in [6.45, 7) is 3.95. The van der Waals surface area contributed by atoms with Gasteiger partial charge >= 0.3 is 0 Å². The Morgan fingerprint density at radius 1 is 1.32 bits per heavy atom. The Labute approximate surface area is 114 Å². The Bertz CT molecular complexity index is 738. The number of aromatic nitrogens is 2. The number of benzene rings is 1. The second-order valence-electron chi connectivity index (χ2n) is 4.30. The predicted molar refractivity (Wildman–Crippen MR) is 74.4 cm³/mol. The standard InChI is InChI=1S/C14H12N2O2S/c1-9-4-3-5-10(2)12(9)18-13-11(8-17)16-6-7-19-14(16)15-13/h3-8H,1-2H3. The molecule has 0 N–H and O–H groups in total. The summed E-state index contributed by atoms with van der Waals surface area (Å²) in [7, 11) is 0. The van der Waals surface area contributed by atoms with Gasteiger partial charge in [-0.3, -0.25) is 9.20 Å². The predicted octanol–water partition coefficient (Wildman–Crippen LogP) is 3.62. The molecule has 0 aliphatic rings. The number of thiazole rings is 1. The summed E-state index contributed by atoms with van der Waals surface area (Å²) >= 11 is 1.47. The molecule has 0 saturated heterocycles. The minimum absolute atomic E-state index is 0.360. The van der Waals surface area contributed by atoms with Crippen LogP contribution in [0.25, 0.3) is 4.96 Å². The average molecular weight is 272 g/mol. The molecule has 0 atom stereocenters. The molecule has 0 fully saturated rings. The third-order valence-corrected chi connectivity index (χ3v) is 3.74. The van der Waals surface area contributed by atoms with E-state index in [1.54, 1.807) is 4.40 Å². The number of nitrogens with zero attached hydrogens (tertiary/aromatic N) is 2. The Hall–Kier alpha value is -2.14. The summed E-state index contributed by atoms with van der Waals surface area (Å²) in [6.07, 6.45) is 2.59. The first-order chi connectivity index (χ1) is 9.20. The van der Waals surface area contributed by atoms with Crippen LogP contribution < -0.4 is 4.74 Å². The smallest absolute Gasteiger partial charge is 0.250 e. The van der Waals surface area contributed by atoms with Gasteiger partial charge in [0, 0.05) is 11.6 Å². The first-order valence-corrected chi connectivity index (χ1v) is 6.73. The molecule has 0 aliphatic carbocycles. The molecule has 0 unspecified atom stereocenters. The molecule has 0 radical (unpaired) electrons. The van der Waals surface area contributed by atoms with Gasteiger partial charge in [0.2, 0.25) is 5.88 Å². The number of rotatable bonds is 3. The van der Waals surface area contributed by atoms with Gasteiger partial charge in [-0.15, -0.1) is 11.3 Å². The highest BCUT2D eigenvalue weighted by atomic mass is 32.1. The number of para-hydroxylation sites is 1. The number of ether oxygens (including phenoxy) is 1. The van der Waals surface area contributed by atoms with Crippen molar-refractivity contribution >= 4 is 22.6 Å². The summed E-state index contributed by atoms with van der Waals surface area (Å²) in [5.74, 6) is 1.12. The van der Waals surface area contributed by atoms with Gasteiger partial charge in [-0.25, -0.2) is 0 Å². The van der Waals surface area contributed by atoms with E-state index in [1.807, 2.05) is 43.6 Å². The van der Waals surface area contributed by atoms with Crippen LogP contribution in [0.4, 0.5) is 0 Å². The second-order valence-corrected chi connectivity index (χ2v) is 5.17. The molecule has 3 rings (SSSR count). The lowest BCUT2D eigenvalue weighted by atomic mass is 10.1. The molecular weight excluding hydrogens is 260 g/mol. The van der Waals surface area contributed by atoms with Crippen molar-refractivity contribution in [3.05, 3.63) is 46.6 Å². The van der Waals surface area contributed by atoms with Crippen LogP contribution in [0.5, 0.6) is 11.6 Å². The van der Waals surface area contributed by atoms with Crippen LogP contribution in [0.1, 0.15) is 21.6 Å². The maximum atomic E-state index is 11.2. The fourth-order valence-corrected chi connectivity index (χ4v) is 2.74. The van der Waals surface area contributed by atoms with Crippen molar-refractivity contribution in [3.63, 3.8) is 0 Å². The minimum atomic E-state index is 0.360. The topological polar surface area (TPSA) is 43.6 Å². The third-order valence-electron chi connectivity index (χ3n) is 2.98. The monoisotopic (exact) mass is 272 g/mol. The maximum Gasteiger partial charge on any atom is 0.250 e. The van der Waals surface area contributed by atoms with E-state index in [2.05, 4.69) is 4.98 Å². The number of carbonyl (C=O) groups excluding carboxylic acids is 1. The number of fused-ring (bicyclic) bond motifs is 1. The van der Waals surface area contributed by atoms with Crippen LogP contribution in [-0.2, 0) is 0 Å². The van der Waals surface area contributed by atoms with Crippen LogP contribution in [-0.4, -0.2) is 15.7 Å². The van der Waals surface area contributed by atoms with Crippen molar-refractivity contribution < 1.29 is 9.53 Å². The lowest BCUT2D eigenvalue weighted by molar-refractivity contribution is 0.111. The van der Waals surface area contributed by atoms with E-state index in [4.69, 9.17) is 4.74 Å². The number of aryl methyl sites for hydroxylation is 2. The van der Waals surface area contributed by atoms with E-state index in [0.29, 0.717) is 11.6 Å². The fourth-order valence-electron chi connectivity index (χ4n) is 2.02. The lowest BCUT2D eigenvalue weighted by Gasteiger charge is -2.09. The zero-order chi connectivity index (χ0) is 13.4. The first kappa shape index (κ1) is 11.9. The number of carbonyl (C=O) groups is 1. The Morgan fingerprint density at radius 2 is 2.05 bits per heavy atom. The van der Waals surface area contributed by atoms with E-state index in [0.717, 1.165) is 28.1 Å². The summed E-state index contributed by atoms with van der Waals surface area (Å²) < 4.78 is 7.59. The SMILES string of the molecule is Cc1cccc(C)c1Oc1nc2sccn2c1C=O. The summed E-state index contributed by atoms with van der Waals surface area (Å²) in [6, 6.07) is 5.92. The van der Waals surface area contributed by atoms with E-state index in [-0.39, 0.29) is 0 Å². The highest BCUT2D eigenvalue weighted by Crippen LogP contribution is 2.31. The molecule has 4 nitrogen and oxygen atoms in total. The van der Waals surface area contributed by atoms with Crippen molar-refractivity contribution in [2.24, 2.45) is 0 Å². The second kappa shape index (κ2) is 4.51. The molecule has 5 heteroatoms. The van der Waals surface area contributed by atoms with Crippen molar-refractivity contribution in [2.45, 2.75) is 13.8 Å². The van der Waals surface area contributed by atoms with Gasteiger partial charge in [-0.05, 0) is 25.0 Å². The van der Waals surface area contributed by atoms with Crippen LogP contribution >= 0.6 is 11.3 Å². The highest BCUT2D eigenvalue weighted by Gasteiger charge is 2.16. The highest BCUT2D eigenvalue weighted by molar-refractivity contribution is 7.15. The Morgan fingerprint density at radius 3 is 2.74 bits per heavy atom. The average Bonchev–Trinajstić information content (AvgIpc) is 2.93. The van der Waals surface area contributed by atoms with Crippen LogP contribution in [0.3, 0.4) is 0 Å². The van der Waals surface area contributed by atoms with Gasteiger partial charge in [0.05, 0.1) is 0 Å². The molecule has 96 valence electrons.